The van der Waals surface area contributed by atoms with Crippen LogP contribution in [0.5, 0.6) is 5.75 Å². The third-order valence-electron chi connectivity index (χ3n) is 4.63. The zero-order valence-corrected chi connectivity index (χ0v) is 15.4. The molecule has 0 heterocycles. The lowest BCUT2D eigenvalue weighted by molar-refractivity contribution is 0.443. The van der Waals surface area contributed by atoms with Crippen molar-refractivity contribution in [1.29, 1.82) is 0 Å². The maximum atomic E-state index is 12.1. The molecule has 134 valence electrons. The van der Waals surface area contributed by atoms with Crippen molar-refractivity contribution in [3.63, 3.8) is 0 Å². The second-order valence-corrected chi connectivity index (χ2v) is 8.03. The number of benzene rings is 3. The van der Waals surface area contributed by atoms with E-state index in [1.807, 2.05) is 50.2 Å². The Kier molecular flexibility index (Phi) is 4.61. The van der Waals surface area contributed by atoms with Gasteiger partial charge in [0.15, 0.2) is 0 Å². The van der Waals surface area contributed by atoms with E-state index in [0.717, 1.165) is 5.56 Å². The molecule has 0 fully saturated rings. The Balaban J connectivity index is 2.41. The third kappa shape index (κ3) is 3.23. The van der Waals surface area contributed by atoms with Crippen molar-refractivity contribution < 1.29 is 18.1 Å². The van der Waals surface area contributed by atoms with Gasteiger partial charge in [-0.05, 0) is 22.8 Å². The van der Waals surface area contributed by atoms with Gasteiger partial charge in [-0.3, -0.25) is 4.55 Å². The van der Waals surface area contributed by atoms with E-state index in [9.17, 15) is 18.1 Å². The first-order valence-electron chi connectivity index (χ1n) is 8.18. The predicted molar refractivity (Wildman–Crippen MR) is 102 cm³/mol. The monoisotopic (exact) mass is 368 g/mol. The standard InChI is InChI=1S/C21H20O4S/c1-21(2,16-11-7-4-8-12-16)17-13-14-18(22)20(26(23,24)25)19(17)15-9-5-3-6-10-15/h3-14,22H,1-2H3,(H,23,24,25). The van der Waals surface area contributed by atoms with Gasteiger partial charge in [0.25, 0.3) is 10.1 Å². The van der Waals surface area contributed by atoms with Crippen LogP contribution in [0.4, 0.5) is 0 Å². The second kappa shape index (κ2) is 6.59. The Morgan fingerprint density at radius 1 is 0.808 bits per heavy atom. The lowest BCUT2D eigenvalue weighted by Crippen LogP contribution is -2.21. The van der Waals surface area contributed by atoms with Crippen LogP contribution < -0.4 is 0 Å². The average Bonchev–Trinajstić information content (AvgIpc) is 2.61. The first-order chi connectivity index (χ1) is 12.2. The number of phenolic OH excluding ortho intramolecular Hbond substituents is 1. The van der Waals surface area contributed by atoms with Crippen LogP contribution in [0.1, 0.15) is 25.0 Å². The molecule has 5 heteroatoms. The van der Waals surface area contributed by atoms with Crippen LogP contribution in [-0.2, 0) is 15.5 Å². The Morgan fingerprint density at radius 2 is 1.35 bits per heavy atom. The van der Waals surface area contributed by atoms with Gasteiger partial charge in [-0.2, -0.15) is 8.42 Å². The molecule has 0 bridgehead atoms. The van der Waals surface area contributed by atoms with E-state index in [-0.39, 0.29) is 0 Å². The molecule has 0 aliphatic carbocycles. The van der Waals surface area contributed by atoms with E-state index in [4.69, 9.17) is 0 Å². The lowest BCUT2D eigenvalue weighted by atomic mass is 9.75. The molecule has 0 amide bonds. The van der Waals surface area contributed by atoms with Crippen molar-refractivity contribution in [2.75, 3.05) is 0 Å². The number of hydrogen-bond acceptors (Lipinski definition) is 3. The minimum Gasteiger partial charge on any atom is -0.506 e. The summed E-state index contributed by atoms with van der Waals surface area (Å²) in [5.41, 5.74) is 2.04. The summed E-state index contributed by atoms with van der Waals surface area (Å²) in [6, 6.07) is 21.6. The number of hydrogen-bond donors (Lipinski definition) is 2. The van der Waals surface area contributed by atoms with Crippen molar-refractivity contribution in [1.82, 2.24) is 0 Å². The number of phenols is 1. The van der Waals surface area contributed by atoms with Crippen LogP contribution in [0.15, 0.2) is 77.7 Å². The summed E-state index contributed by atoms with van der Waals surface area (Å²) >= 11 is 0. The Morgan fingerprint density at radius 3 is 1.88 bits per heavy atom. The Labute approximate surface area is 153 Å². The fourth-order valence-corrected chi connectivity index (χ4v) is 4.07. The highest BCUT2D eigenvalue weighted by atomic mass is 32.2. The van der Waals surface area contributed by atoms with Crippen molar-refractivity contribution in [3.05, 3.63) is 83.9 Å². The number of rotatable bonds is 4. The Hall–Kier alpha value is -2.63. The van der Waals surface area contributed by atoms with E-state index in [1.165, 1.54) is 6.07 Å². The molecule has 26 heavy (non-hydrogen) atoms. The van der Waals surface area contributed by atoms with Crippen molar-refractivity contribution in [2.45, 2.75) is 24.2 Å². The van der Waals surface area contributed by atoms with E-state index in [1.54, 1.807) is 30.3 Å². The molecule has 3 rings (SSSR count). The van der Waals surface area contributed by atoms with E-state index < -0.39 is 26.2 Å². The molecule has 0 aliphatic rings. The van der Waals surface area contributed by atoms with Crippen LogP contribution in [0.25, 0.3) is 11.1 Å². The molecule has 0 saturated carbocycles. The SMILES string of the molecule is CC(C)(c1ccccc1)c1ccc(O)c(S(=O)(=O)O)c1-c1ccccc1. The van der Waals surface area contributed by atoms with Crippen molar-refractivity contribution in [3.8, 4) is 16.9 Å². The van der Waals surface area contributed by atoms with Gasteiger partial charge in [0.2, 0.25) is 0 Å². The molecule has 0 aromatic heterocycles. The van der Waals surface area contributed by atoms with Gasteiger partial charge in [0.05, 0.1) is 0 Å². The summed E-state index contributed by atoms with van der Waals surface area (Å²) < 4.78 is 33.9. The summed E-state index contributed by atoms with van der Waals surface area (Å²) in [5, 5.41) is 10.2. The highest BCUT2D eigenvalue weighted by Crippen LogP contribution is 2.44. The topological polar surface area (TPSA) is 74.6 Å². The van der Waals surface area contributed by atoms with Gasteiger partial charge in [0.1, 0.15) is 10.6 Å². The highest BCUT2D eigenvalue weighted by molar-refractivity contribution is 7.86. The minimum absolute atomic E-state index is 0.307. The predicted octanol–water partition coefficient (Wildman–Crippen LogP) is 4.63. The molecule has 0 aliphatic heterocycles. The first-order valence-corrected chi connectivity index (χ1v) is 9.62. The summed E-state index contributed by atoms with van der Waals surface area (Å²) in [7, 11) is -4.63. The van der Waals surface area contributed by atoms with Crippen LogP contribution in [0.2, 0.25) is 0 Å². The largest absolute Gasteiger partial charge is 0.506 e. The van der Waals surface area contributed by atoms with Gasteiger partial charge in [-0.15, -0.1) is 0 Å². The van der Waals surface area contributed by atoms with Crippen molar-refractivity contribution in [2.24, 2.45) is 0 Å². The third-order valence-corrected chi connectivity index (χ3v) is 5.56. The van der Waals surface area contributed by atoms with Gasteiger partial charge >= 0.3 is 0 Å². The molecular formula is C21H20O4S. The molecule has 2 N–H and O–H groups in total. The second-order valence-electron chi connectivity index (χ2n) is 6.67. The van der Waals surface area contributed by atoms with Crippen LogP contribution in [-0.4, -0.2) is 18.1 Å². The van der Waals surface area contributed by atoms with Gasteiger partial charge in [-0.1, -0.05) is 80.6 Å². The van der Waals surface area contributed by atoms with Crippen LogP contribution in [0, 0.1) is 0 Å². The average molecular weight is 368 g/mol. The molecule has 0 unspecified atom stereocenters. The van der Waals surface area contributed by atoms with Gasteiger partial charge < -0.3 is 5.11 Å². The molecule has 4 nitrogen and oxygen atoms in total. The van der Waals surface area contributed by atoms with E-state index in [0.29, 0.717) is 16.7 Å². The Bertz CT molecular complexity index is 1020. The molecule has 0 atom stereocenters. The summed E-state index contributed by atoms with van der Waals surface area (Å²) in [6.07, 6.45) is 0. The quantitative estimate of drug-likeness (QED) is 0.658. The van der Waals surface area contributed by atoms with E-state index in [2.05, 4.69) is 0 Å². The minimum atomic E-state index is -4.63. The van der Waals surface area contributed by atoms with Crippen molar-refractivity contribution >= 4 is 10.1 Å². The van der Waals surface area contributed by atoms with E-state index >= 15 is 0 Å². The fraction of sp³-hybridized carbons (Fsp3) is 0.143. The lowest BCUT2D eigenvalue weighted by Gasteiger charge is -2.30. The highest BCUT2D eigenvalue weighted by Gasteiger charge is 2.32. The zero-order valence-electron chi connectivity index (χ0n) is 14.5. The maximum Gasteiger partial charge on any atom is 0.298 e. The van der Waals surface area contributed by atoms with Gasteiger partial charge in [-0.25, -0.2) is 0 Å². The summed E-state index contributed by atoms with van der Waals surface area (Å²) in [5.74, 6) is -0.473. The molecular weight excluding hydrogens is 348 g/mol. The maximum absolute atomic E-state index is 12.1. The fourth-order valence-electron chi connectivity index (χ4n) is 3.26. The summed E-state index contributed by atoms with van der Waals surface area (Å²) in [6.45, 7) is 3.96. The normalized spacial score (nSPS) is 12.1. The first kappa shape index (κ1) is 18.2. The smallest absolute Gasteiger partial charge is 0.298 e. The zero-order chi connectivity index (χ0) is 18.9. The van der Waals surface area contributed by atoms with Crippen LogP contribution >= 0.6 is 0 Å². The molecule has 0 radical (unpaired) electrons. The summed E-state index contributed by atoms with van der Waals surface area (Å²) in [4.78, 5) is -0.467. The molecule has 0 spiro atoms. The molecule has 3 aromatic carbocycles. The number of aromatic hydroxyl groups is 1. The van der Waals surface area contributed by atoms with Gasteiger partial charge in [0, 0.05) is 11.0 Å². The molecule has 3 aromatic rings. The molecule has 0 saturated heterocycles. The van der Waals surface area contributed by atoms with Crippen LogP contribution in [0.3, 0.4) is 0 Å².